The number of fused-ring (bicyclic) bond motifs is 1. The van der Waals surface area contributed by atoms with E-state index in [9.17, 15) is 19.2 Å². The number of nitrogens with two attached hydrogens (primary N) is 1. The minimum atomic E-state index is -0.969. The Labute approximate surface area is 192 Å². The summed E-state index contributed by atoms with van der Waals surface area (Å²) in [6, 6.07) is 13.9. The van der Waals surface area contributed by atoms with Crippen molar-refractivity contribution in [1.29, 1.82) is 0 Å². The van der Waals surface area contributed by atoms with Crippen LogP contribution in [0.1, 0.15) is 64.6 Å². The normalized spacial score (nSPS) is 20.1. The quantitative estimate of drug-likeness (QED) is 0.556. The molecule has 8 heteroatoms. The van der Waals surface area contributed by atoms with Gasteiger partial charge in [0.15, 0.2) is 0 Å². The fraction of sp³-hybridized carbons (Fsp3) is 0.360. The van der Waals surface area contributed by atoms with Gasteiger partial charge in [-0.25, -0.2) is 0 Å². The molecule has 0 aromatic heterocycles. The Kier molecular flexibility index (Phi) is 6.40. The van der Waals surface area contributed by atoms with E-state index in [2.05, 4.69) is 24.5 Å². The highest BCUT2D eigenvalue weighted by molar-refractivity contribution is 6.23. The number of hydrogen-bond donors (Lipinski definition) is 3. The molecule has 3 atom stereocenters. The molecule has 172 valence electrons. The smallest absolute Gasteiger partial charge is 0.262 e. The Morgan fingerprint density at radius 1 is 1.03 bits per heavy atom. The van der Waals surface area contributed by atoms with Crippen LogP contribution < -0.4 is 16.4 Å². The summed E-state index contributed by atoms with van der Waals surface area (Å²) in [4.78, 5) is 50.6. The molecular weight excluding hydrogens is 420 g/mol. The van der Waals surface area contributed by atoms with E-state index in [4.69, 9.17) is 5.73 Å². The molecule has 4 amide bonds. The van der Waals surface area contributed by atoms with Crippen molar-refractivity contribution < 1.29 is 19.2 Å². The lowest BCUT2D eigenvalue weighted by molar-refractivity contribution is -0.136. The van der Waals surface area contributed by atoms with E-state index in [1.165, 1.54) is 0 Å². The second-order valence-electron chi connectivity index (χ2n) is 8.92. The average molecular weight is 449 g/mol. The molecule has 0 radical (unpaired) electrons. The predicted octanol–water partition coefficient (Wildman–Crippen LogP) is 1.90. The molecule has 0 bridgehead atoms. The summed E-state index contributed by atoms with van der Waals surface area (Å²) in [5.41, 5.74) is 8.93. The monoisotopic (exact) mass is 448 g/mol. The lowest BCUT2D eigenvalue weighted by Crippen LogP contribution is -2.54. The lowest BCUT2D eigenvalue weighted by Gasteiger charge is -2.28. The van der Waals surface area contributed by atoms with Gasteiger partial charge >= 0.3 is 0 Å². The molecule has 1 fully saturated rings. The summed E-state index contributed by atoms with van der Waals surface area (Å²) in [6.07, 6.45) is 0.229. The highest BCUT2D eigenvalue weighted by Crippen LogP contribution is 2.29. The van der Waals surface area contributed by atoms with Gasteiger partial charge in [-0.15, -0.1) is 0 Å². The molecule has 4 N–H and O–H groups in total. The Morgan fingerprint density at radius 3 is 2.39 bits per heavy atom. The first-order valence-electron chi connectivity index (χ1n) is 11.2. The predicted molar refractivity (Wildman–Crippen MR) is 122 cm³/mol. The molecule has 3 unspecified atom stereocenters. The van der Waals surface area contributed by atoms with Crippen LogP contribution in [0.25, 0.3) is 0 Å². The van der Waals surface area contributed by atoms with Gasteiger partial charge in [0.05, 0.1) is 11.1 Å². The summed E-state index contributed by atoms with van der Waals surface area (Å²) in [6.45, 7) is 4.60. The Balaban J connectivity index is 1.53. The number of hydrogen-bond acceptors (Lipinski definition) is 6. The van der Waals surface area contributed by atoms with Gasteiger partial charge in [-0.2, -0.15) is 0 Å². The van der Waals surface area contributed by atoms with E-state index in [0.29, 0.717) is 6.54 Å². The van der Waals surface area contributed by atoms with Crippen LogP contribution in [0.2, 0.25) is 0 Å². The van der Waals surface area contributed by atoms with E-state index in [-0.39, 0.29) is 42.0 Å². The van der Waals surface area contributed by atoms with E-state index < -0.39 is 29.7 Å². The molecule has 1 saturated heterocycles. The molecule has 8 nitrogen and oxygen atoms in total. The number of amides is 4. The zero-order valence-corrected chi connectivity index (χ0v) is 18.7. The van der Waals surface area contributed by atoms with Crippen molar-refractivity contribution in [3.05, 3.63) is 70.8 Å². The number of carbonyl (C=O) groups is 4. The third kappa shape index (κ3) is 4.44. The Bertz CT molecular complexity index is 1100. The highest BCUT2D eigenvalue weighted by Gasteiger charge is 2.44. The molecule has 2 heterocycles. The summed E-state index contributed by atoms with van der Waals surface area (Å²) >= 11 is 0. The minimum absolute atomic E-state index is 0.0863. The third-order valence-electron chi connectivity index (χ3n) is 6.34. The van der Waals surface area contributed by atoms with Crippen molar-refractivity contribution in [1.82, 2.24) is 15.5 Å². The number of carbonyl (C=O) groups excluding carboxylic acids is 4. The molecule has 0 spiro atoms. The fourth-order valence-corrected chi connectivity index (χ4v) is 4.38. The number of rotatable bonds is 7. The maximum atomic E-state index is 13.0. The molecule has 0 aliphatic carbocycles. The Hall–Kier alpha value is -3.36. The van der Waals surface area contributed by atoms with E-state index >= 15 is 0 Å². The molecule has 2 aliphatic rings. The Morgan fingerprint density at radius 2 is 1.73 bits per heavy atom. The van der Waals surface area contributed by atoms with Crippen LogP contribution in [-0.4, -0.2) is 40.6 Å². The summed E-state index contributed by atoms with van der Waals surface area (Å²) in [5, 5.41) is 5.71. The van der Waals surface area contributed by atoms with Gasteiger partial charge in [0.25, 0.3) is 11.8 Å². The van der Waals surface area contributed by atoms with E-state index in [1.807, 2.05) is 30.3 Å². The number of nitrogens with one attached hydrogen (secondary N) is 2. The molecule has 4 rings (SSSR count). The third-order valence-corrected chi connectivity index (χ3v) is 6.34. The zero-order chi connectivity index (χ0) is 23.7. The standard InChI is InChI=1S/C25H28N4O4/c1-14(2)21(26)22(16-6-4-3-5-7-16)27-13-15-8-9-17-18(12-15)25(33)29(24(17)32)19-10-11-20(30)28-23(19)31/h3-9,12,14,19,21-22,27H,10-11,13,26H2,1-2H3,(H,28,30,31). The fourth-order valence-electron chi connectivity index (χ4n) is 4.38. The van der Waals surface area contributed by atoms with Crippen molar-refractivity contribution >= 4 is 23.6 Å². The first kappa shape index (κ1) is 22.8. The number of benzene rings is 2. The van der Waals surface area contributed by atoms with Gasteiger partial charge in [-0.3, -0.25) is 29.4 Å². The first-order valence-corrected chi connectivity index (χ1v) is 11.2. The molecule has 33 heavy (non-hydrogen) atoms. The molecule has 2 aliphatic heterocycles. The maximum absolute atomic E-state index is 13.0. The maximum Gasteiger partial charge on any atom is 0.262 e. The number of imide groups is 2. The van der Waals surface area contributed by atoms with Gasteiger partial charge in [0.1, 0.15) is 6.04 Å². The van der Waals surface area contributed by atoms with Gasteiger partial charge in [0.2, 0.25) is 11.8 Å². The van der Waals surface area contributed by atoms with Crippen molar-refractivity contribution in [2.75, 3.05) is 0 Å². The highest BCUT2D eigenvalue weighted by atomic mass is 16.2. The van der Waals surface area contributed by atoms with Crippen molar-refractivity contribution in [2.45, 2.75) is 51.4 Å². The van der Waals surface area contributed by atoms with Gasteiger partial charge in [-0.05, 0) is 35.6 Å². The molecular formula is C25H28N4O4. The van der Waals surface area contributed by atoms with Crippen LogP contribution in [0.15, 0.2) is 48.5 Å². The molecule has 0 saturated carbocycles. The zero-order valence-electron chi connectivity index (χ0n) is 18.7. The largest absolute Gasteiger partial charge is 0.326 e. The van der Waals surface area contributed by atoms with E-state index in [0.717, 1.165) is 16.0 Å². The second kappa shape index (κ2) is 9.25. The van der Waals surface area contributed by atoms with Gasteiger partial charge in [0, 0.05) is 25.0 Å². The first-order chi connectivity index (χ1) is 15.8. The second-order valence-corrected chi connectivity index (χ2v) is 8.92. The van der Waals surface area contributed by atoms with Crippen LogP contribution >= 0.6 is 0 Å². The van der Waals surface area contributed by atoms with Crippen LogP contribution in [0, 0.1) is 5.92 Å². The summed E-state index contributed by atoms with van der Waals surface area (Å²) in [5.74, 6) is -1.77. The number of piperidine rings is 1. The van der Waals surface area contributed by atoms with Crippen LogP contribution in [0.3, 0.4) is 0 Å². The summed E-state index contributed by atoms with van der Waals surface area (Å²) in [7, 11) is 0. The van der Waals surface area contributed by atoms with Crippen LogP contribution in [0.5, 0.6) is 0 Å². The van der Waals surface area contributed by atoms with Crippen molar-refractivity contribution in [3.63, 3.8) is 0 Å². The lowest BCUT2D eigenvalue weighted by atomic mass is 9.91. The van der Waals surface area contributed by atoms with E-state index in [1.54, 1.807) is 18.2 Å². The van der Waals surface area contributed by atoms with Crippen molar-refractivity contribution in [3.8, 4) is 0 Å². The van der Waals surface area contributed by atoms with Gasteiger partial charge < -0.3 is 11.1 Å². The molecule has 2 aromatic rings. The number of nitrogens with zero attached hydrogens (tertiary/aromatic N) is 1. The minimum Gasteiger partial charge on any atom is -0.326 e. The molecule has 2 aromatic carbocycles. The average Bonchev–Trinajstić information content (AvgIpc) is 3.04. The van der Waals surface area contributed by atoms with Crippen molar-refractivity contribution in [2.24, 2.45) is 11.7 Å². The van der Waals surface area contributed by atoms with Crippen LogP contribution in [-0.2, 0) is 16.1 Å². The SMILES string of the molecule is CC(C)C(N)C(NCc1ccc2c(c1)C(=O)N(C1CCC(=O)NC1=O)C2=O)c1ccccc1. The topological polar surface area (TPSA) is 122 Å². The van der Waals surface area contributed by atoms with Crippen LogP contribution in [0.4, 0.5) is 0 Å². The summed E-state index contributed by atoms with van der Waals surface area (Å²) < 4.78 is 0. The van der Waals surface area contributed by atoms with Gasteiger partial charge in [-0.1, -0.05) is 50.2 Å².